The van der Waals surface area contributed by atoms with E-state index >= 15 is 0 Å². The van der Waals surface area contributed by atoms with Crippen LogP contribution in [-0.4, -0.2) is 6.54 Å². The van der Waals surface area contributed by atoms with Crippen molar-refractivity contribution in [1.82, 2.24) is 5.32 Å². The first kappa shape index (κ1) is 15.1. The molecule has 2 heteroatoms. The third-order valence-electron chi connectivity index (χ3n) is 4.07. The van der Waals surface area contributed by atoms with E-state index in [1.807, 2.05) is 0 Å². The molecule has 0 saturated heterocycles. The fourth-order valence-corrected chi connectivity index (χ4v) is 2.90. The molecular weight excluding hydrogens is 246 g/mol. The van der Waals surface area contributed by atoms with Gasteiger partial charge in [0.15, 0.2) is 0 Å². The van der Waals surface area contributed by atoms with Crippen LogP contribution in [0.3, 0.4) is 0 Å². The number of rotatable bonds is 5. The van der Waals surface area contributed by atoms with Gasteiger partial charge in [-0.3, -0.25) is 0 Å². The summed E-state index contributed by atoms with van der Waals surface area (Å²) in [6, 6.07) is 4.69. The maximum Gasteiger partial charge on any atom is 0.138 e. The summed E-state index contributed by atoms with van der Waals surface area (Å²) < 4.78 is 6.27. The van der Waals surface area contributed by atoms with Crippen LogP contribution < -0.4 is 5.32 Å². The van der Waals surface area contributed by atoms with Crippen molar-refractivity contribution in [3.8, 4) is 0 Å². The predicted octanol–water partition coefficient (Wildman–Crippen LogP) is 5.23. The highest BCUT2D eigenvalue weighted by Gasteiger charge is 2.20. The van der Waals surface area contributed by atoms with Gasteiger partial charge < -0.3 is 9.73 Å². The largest absolute Gasteiger partial charge is 0.459 e. The molecule has 0 aliphatic carbocycles. The van der Waals surface area contributed by atoms with Crippen molar-refractivity contribution >= 4 is 11.0 Å². The van der Waals surface area contributed by atoms with Crippen LogP contribution in [0.4, 0.5) is 0 Å². The first-order valence-corrected chi connectivity index (χ1v) is 7.73. The molecule has 1 aromatic heterocycles. The van der Waals surface area contributed by atoms with E-state index in [9.17, 15) is 0 Å². The summed E-state index contributed by atoms with van der Waals surface area (Å²) in [6.45, 7) is 14.2. The maximum atomic E-state index is 6.27. The molecule has 0 bridgehead atoms. The number of fused-ring (bicyclic) bond motifs is 1. The minimum atomic E-state index is 0.266. The molecule has 0 saturated carbocycles. The van der Waals surface area contributed by atoms with Gasteiger partial charge in [0.1, 0.15) is 11.3 Å². The molecule has 0 amide bonds. The standard InChI is InChI=1S/C18H27NO/c1-7-10-19-14(6)17-13(5)16-12(4)8-9-15(11(2)3)18(16)20-17/h8-9,11,14,19H,7,10H2,1-6H3. The fraction of sp³-hybridized carbons (Fsp3) is 0.556. The van der Waals surface area contributed by atoms with E-state index in [1.54, 1.807) is 0 Å². The molecule has 1 N–H and O–H groups in total. The van der Waals surface area contributed by atoms with Crippen molar-refractivity contribution in [2.24, 2.45) is 0 Å². The minimum Gasteiger partial charge on any atom is -0.459 e. The lowest BCUT2D eigenvalue weighted by molar-refractivity contribution is 0.447. The lowest BCUT2D eigenvalue weighted by Gasteiger charge is -2.11. The molecule has 1 aromatic carbocycles. The quantitative estimate of drug-likeness (QED) is 0.806. The van der Waals surface area contributed by atoms with E-state index < -0.39 is 0 Å². The van der Waals surface area contributed by atoms with Crippen molar-refractivity contribution in [2.45, 2.75) is 59.9 Å². The summed E-state index contributed by atoms with van der Waals surface area (Å²) >= 11 is 0. The molecule has 1 atom stereocenters. The van der Waals surface area contributed by atoms with Gasteiger partial charge in [0.2, 0.25) is 0 Å². The van der Waals surface area contributed by atoms with Crippen molar-refractivity contribution < 1.29 is 4.42 Å². The molecule has 0 spiro atoms. The van der Waals surface area contributed by atoms with E-state index in [0.717, 1.165) is 24.3 Å². The monoisotopic (exact) mass is 273 g/mol. The Bertz CT molecular complexity index is 595. The molecule has 0 fully saturated rings. The molecule has 1 unspecified atom stereocenters. The van der Waals surface area contributed by atoms with Gasteiger partial charge in [-0.25, -0.2) is 0 Å². The third-order valence-corrected chi connectivity index (χ3v) is 4.07. The number of benzene rings is 1. The summed E-state index contributed by atoms with van der Waals surface area (Å²) in [5, 5.41) is 4.83. The van der Waals surface area contributed by atoms with Gasteiger partial charge in [0.25, 0.3) is 0 Å². The van der Waals surface area contributed by atoms with Crippen LogP contribution in [-0.2, 0) is 0 Å². The number of aryl methyl sites for hydroxylation is 2. The Morgan fingerprint density at radius 2 is 1.85 bits per heavy atom. The van der Waals surface area contributed by atoms with Crippen molar-refractivity contribution in [2.75, 3.05) is 6.54 Å². The first-order valence-electron chi connectivity index (χ1n) is 7.73. The molecule has 0 aliphatic rings. The summed E-state index contributed by atoms with van der Waals surface area (Å²) in [7, 11) is 0. The average molecular weight is 273 g/mol. The molecule has 110 valence electrons. The Morgan fingerprint density at radius 1 is 1.15 bits per heavy atom. The Balaban J connectivity index is 2.56. The van der Waals surface area contributed by atoms with Crippen molar-refractivity contribution in [3.63, 3.8) is 0 Å². The van der Waals surface area contributed by atoms with E-state index in [1.165, 1.54) is 22.1 Å². The Kier molecular flexibility index (Phi) is 4.54. The van der Waals surface area contributed by atoms with Crippen LogP contribution in [0.1, 0.15) is 68.5 Å². The molecule has 2 aromatic rings. The highest BCUT2D eigenvalue weighted by molar-refractivity contribution is 5.88. The lowest BCUT2D eigenvalue weighted by atomic mass is 9.96. The third kappa shape index (κ3) is 2.62. The van der Waals surface area contributed by atoms with Gasteiger partial charge >= 0.3 is 0 Å². The highest BCUT2D eigenvalue weighted by atomic mass is 16.3. The van der Waals surface area contributed by atoms with E-state index in [0.29, 0.717) is 5.92 Å². The number of furan rings is 1. The van der Waals surface area contributed by atoms with Crippen molar-refractivity contribution in [1.29, 1.82) is 0 Å². The van der Waals surface area contributed by atoms with Crippen molar-refractivity contribution in [3.05, 3.63) is 34.6 Å². The molecule has 1 heterocycles. The lowest BCUT2D eigenvalue weighted by Crippen LogP contribution is -2.19. The van der Waals surface area contributed by atoms with Gasteiger partial charge in [-0.05, 0) is 50.8 Å². The topological polar surface area (TPSA) is 25.2 Å². The van der Waals surface area contributed by atoms with Gasteiger partial charge in [-0.15, -0.1) is 0 Å². The van der Waals surface area contributed by atoms with Crippen LogP contribution in [0, 0.1) is 13.8 Å². The Morgan fingerprint density at radius 3 is 2.45 bits per heavy atom. The second-order valence-electron chi connectivity index (χ2n) is 6.10. The second-order valence-corrected chi connectivity index (χ2v) is 6.10. The van der Waals surface area contributed by atoms with E-state index in [4.69, 9.17) is 4.42 Å². The normalized spacial score (nSPS) is 13.3. The second kappa shape index (κ2) is 6.01. The number of nitrogens with one attached hydrogen (secondary N) is 1. The van der Waals surface area contributed by atoms with Crippen LogP contribution >= 0.6 is 0 Å². The zero-order valence-corrected chi connectivity index (χ0v) is 13.6. The maximum absolute atomic E-state index is 6.27. The number of hydrogen-bond donors (Lipinski definition) is 1. The van der Waals surface area contributed by atoms with Gasteiger partial charge in [-0.2, -0.15) is 0 Å². The summed E-state index contributed by atoms with van der Waals surface area (Å²) in [4.78, 5) is 0. The predicted molar refractivity (Wildman–Crippen MR) is 86.5 cm³/mol. The first-order chi connectivity index (χ1) is 9.47. The molecule has 2 nitrogen and oxygen atoms in total. The molecule has 20 heavy (non-hydrogen) atoms. The smallest absolute Gasteiger partial charge is 0.138 e. The number of hydrogen-bond acceptors (Lipinski definition) is 2. The summed E-state index contributed by atoms with van der Waals surface area (Å²) in [6.07, 6.45) is 1.14. The van der Waals surface area contributed by atoms with Crippen LogP contribution in [0.5, 0.6) is 0 Å². The van der Waals surface area contributed by atoms with Crippen LogP contribution in [0.2, 0.25) is 0 Å². The molecular formula is C18H27NO. The molecule has 0 radical (unpaired) electrons. The highest BCUT2D eigenvalue weighted by Crippen LogP contribution is 2.36. The zero-order chi connectivity index (χ0) is 14.9. The van der Waals surface area contributed by atoms with Crippen LogP contribution in [0.15, 0.2) is 16.5 Å². The van der Waals surface area contributed by atoms with Crippen LogP contribution in [0.25, 0.3) is 11.0 Å². The Hall–Kier alpha value is -1.28. The van der Waals surface area contributed by atoms with E-state index in [2.05, 4.69) is 59.0 Å². The van der Waals surface area contributed by atoms with E-state index in [-0.39, 0.29) is 6.04 Å². The fourth-order valence-electron chi connectivity index (χ4n) is 2.90. The average Bonchev–Trinajstić information content (AvgIpc) is 2.75. The Labute approximate surface area is 122 Å². The zero-order valence-electron chi connectivity index (χ0n) is 13.6. The summed E-state index contributed by atoms with van der Waals surface area (Å²) in [5.74, 6) is 1.57. The van der Waals surface area contributed by atoms with Gasteiger partial charge in [-0.1, -0.05) is 32.9 Å². The summed E-state index contributed by atoms with van der Waals surface area (Å²) in [5.41, 5.74) is 4.98. The molecule has 0 aliphatic heterocycles. The van der Waals surface area contributed by atoms with Gasteiger partial charge in [0.05, 0.1) is 6.04 Å². The SMILES string of the molecule is CCCNC(C)c1oc2c(C(C)C)ccc(C)c2c1C. The van der Waals surface area contributed by atoms with Gasteiger partial charge in [0, 0.05) is 10.9 Å². The molecule has 2 rings (SSSR count). The minimum absolute atomic E-state index is 0.266.